The van der Waals surface area contributed by atoms with Gasteiger partial charge in [0, 0.05) is 11.8 Å². The molecule has 4 aromatic carbocycles. The minimum absolute atomic E-state index is 0.992. The molecule has 5 rings (SSSR count). The van der Waals surface area contributed by atoms with Crippen LogP contribution < -0.4 is 0 Å². The first kappa shape index (κ1) is 18.1. The molecule has 0 aliphatic heterocycles. The standard InChI is InChI=1S/C29H21N/c1-2-9-22(10-3-1)23-11-6-12-24(19-23)25-13-7-14-26(20-25)27-15-8-16-28(21-27)29-17-4-5-18-30-29/h1-21H. The summed E-state index contributed by atoms with van der Waals surface area (Å²) in [6.07, 6.45) is 1.84. The third-order valence-electron chi connectivity index (χ3n) is 5.32. The van der Waals surface area contributed by atoms with E-state index in [-0.39, 0.29) is 0 Å². The van der Waals surface area contributed by atoms with Gasteiger partial charge in [0.15, 0.2) is 0 Å². The highest BCUT2D eigenvalue weighted by Crippen LogP contribution is 2.31. The molecule has 1 nitrogen and oxygen atoms in total. The Morgan fingerprint density at radius 2 is 0.767 bits per heavy atom. The first-order valence-corrected chi connectivity index (χ1v) is 10.1. The number of nitrogens with zero attached hydrogens (tertiary/aromatic N) is 1. The van der Waals surface area contributed by atoms with Crippen molar-refractivity contribution in [2.24, 2.45) is 0 Å². The van der Waals surface area contributed by atoms with Crippen LogP contribution in [-0.4, -0.2) is 4.98 Å². The molecule has 0 atom stereocenters. The Bertz CT molecular complexity index is 1180. The third-order valence-corrected chi connectivity index (χ3v) is 5.32. The topological polar surface area (TPSA) is 12.9 Å². The van der Waals surface area contributed by atoms with Crippen LogP contribution in [0.4, 0.5) is 0 Å². The van der Waals surface area contributed by atoms with Crippen LogP contribution in [0.15, 0.2) is 128 Å². The summed E-state index contributed by atoms with van der Waals surface area (Å²) in [5.41, 5.74) is 9.42. The maximum Gasteiger partial charge on any atom is 0.0702 e. The molecule has 0 radical (unpaired) electrons. The third kappa shape index (κ3) is 3.78. The van der Waals surface area contributed by atoms with Crippen molar-refractivity contribution in [1.29, 1.82) is 0 Å². The molecule has 0 unspecified atom stereocenters. The van der Waals surface area contributed by atoms with Crippen molar-refractivity contribution in [2.75, 3.05) is 0 Å². The second-order valence-electron chi connectivity index (χ2n) is 7.32. The highest BCUT2D eigenvalue weighted by Gasteiger charge is 2.06. The lowest BCUT2D eigenvalue weighted by Crippen LogP contribution is -1.85. The molecule has 5 aromatic rings. The van der Waals surface area contributed by atoms with Crippen molar-refractivity contribution in [2.45, 2.75) is 0 Å². The van der Waals surface area contributed by atoms with Crippen LogP contribution in [0.2, 0.25) is 0 Å². The van der Waals surface area contributed by atoms with Gasteiger partial charge >= 0.3 is 0 Å². The Hall–Kier alpha value is -3.97. The molecule has 1 heterocycles. The van der Waals surface area contributed by atoms with Crippen molar-refractivity contribution in [3.8, 4) is 44.6 Å². The summed E-state index contributed by atoms with van der Waals surface area (Å²) in [4.78, 5) is 4.49. The van der Waals surface area contributed by atoms with Gasteiger partial charge in [0.25, 0.3) is 0 Å². The van der Waals surface area contributed by atoms with Crippen molar-refractivity contribution in [1.82, 2.24) is 4.98 Å². The summed E-state index contributed by atoms with van der Waals surface area (Å²) in [6, 6.07) is 42.6. The first-order chi connectivity index (χ1) is 14.9. The normalized spacial score (nSPS) is 10.7. The Kier molecular flexibility index (Phi) is 4.93. The lowest BCUT2D eigenvalue weighted by Gasteiger charge is -2.09. The van der Waals surface area contributed by atoms with Gasteiger partial charge < -0.3 is 0 Å². The molecular weight excluding hydrogens is 362 g/mol. The molecule has 0 fully saturated rings. The fourth-order valence-corrected chi connectivity index (χ4v) is 3.78. The van der Waals surface area contributed by atoms with Crippen molar-refractivity contribution in [3.05, 3.63) is 128 Å². The number of benzene rings is 4. The predicted octanol–water partition coefficient (Wildman–Crippen LogP) is 7.75. The first-order valence-electron chi connectivity index (χ1n) is 10.1. The summed E-state index contributed by atoms with van der Waals surface area (Å²) in [5.74, 6) is 0. The molecule has 1 heteroatoms. The quantitative estimate of drug-likeness (QED) is 0.309. The summed E-state index contributed by atoms with van der Waals surface area (Å²) in [7, 11) is 0. The van der Waals surface area contributed by atoms with Crippen LogP contribution in [0.3, 0.4) is 0 Å². The molecule has 0 aliphatic carbocycles. The molecule has 0 N–H and O–H groups in total. The van der Waals surface area contributed by atoms with Crippen LogP contribution in [-0.2, 0) is 0 Å². The summed E-state index contributed by atoms with van der Waals surface area (Å²) in [6.45, 7) is 0. The molecule has 0 bridgehead atoms. The van der Waals surface area contributed by atoms with E-state index in [1.54, 1.807) is 0 Å². The zero-order valence-electron chi connectivity index (χ0n) is 16.6. The van der Waals surface area contributed by atoms with Gasteiger partial charge in [0.1, 0.15) is 0 Å². The highest BCUT2D eigenvalue weighted by atomic mass is 14.7. The number of hydrogen-bond acceptors (Lipinski definition) is 1. The van der Waals surface area contributed by atoms with E-state index in [4.69, 9.17) is 0 Å². The Labute approximate surface area is 177 Å². The molecule has 1 aromatic heterocycles. The maximum atomic E-state index is 4.49. The number of aromatic nitrogens is 1. The minimum Gasteiger partial charge on any atom is -0.256 e. The van der Waals surface area contributed by atoms with Gasteiger partial charge in [-0.25, -0.2) is 0 Å². The van der Waals surface area contributed by atoms with E-state index in [0.717, 1.165) is 11.3 Å². The van der Waals surface area contributed by atoms with E-state index >= 15 is 0 Å². The number of pyridine rings is 1. The van der Waals surface area contributed by atoms with Gasteiger partial charge in [-0.15, -0.1) is 0 Å². The van der Waals surface area contributed by atoms with Crippen LogP contribution >= 0.6 is 0 Å². The van der Waals surface area contributed by atoms with Gasteiger partial charge in [0.05, 0.1) is 5.69 Å². The summed E-state index contributed by atoms with van der Waals surface area (Å²) < 4.78 is 0. The Balaban J connectivity index is 1.52. The SMILES string of the molecule is c1ccc(-c2cccc(-c3cccc(-c4cccc(-c5ccccn5)c4)c3)c2)cc1. The van der Waals surface area contributed by atoms with Crippen molar-refractivity contribution >= 4 is 0 Å². The minimum atomic E-state index is 0.992. The van der Waals surface area contributed by atoms with E-state index < -0.39 is 0 Å². The fraction of sp³-hybridized carbons (Fsp3) is 0. The second-order valence-corrected chi connectivity index (χ2v) is 7.32. The van der Waals surface area contributed by atoms with Crippen molar-refractivity contribution in [3.63, 3.8) is 0 Å². The average molecular weight is 383 g/mol. The molecule has 30 heavy (non-hydrogen) atoms. The van der Waals surface area contributed by atoms with Crippen molar-refractivity contribution < 1.29 is 0 Å². The molecule has 0 aliphatic rings. The van der Waals surface area contributed by atoms with Crippen LogP contribution in [0.1, 0.15) is 0 Å². The van der Waals surface area contributed by atoms with Gasteiger partial charge in [0.2, 0.25) is 0 Å². The van der Waals surface area contributed by atoms with Crippen LogP contribution in [0.5, 0.6) is 0 Å². The summed E-state index contributed by atoms with van der Waals surface area (Å²) >= 11 is 0. The Morgan fingerprint density at radius 3 is 1.30 bits per heavy atom. The zero-order valence-corrected chi connectivity index (χ0v) is 16.6. The second kappa shape index (κ2) is 8.18. The van der Waals surface area contributed by atoms with Crippen LogP contribution in [0.25, 0.3) is 44.6 Å². The highest BCUT2D eigenvalue weighted by molar-refractivity contribution is 5.78. The lowest BCUT2D eigenvalue weighted by atomic mass is 9.95. The molecule has 0 saturated heterocycles. The van der Waals surface area contributed by atoms with E-state index in [1.807, 2.05) is 24.4 Å². The monoisotopic (exact) mass is 383 g/mol. The zero-order chi connectivity index (χ0) is 20.2. The lowest BCUT2D eigenvalue weighted by molar-refractivity contribution is 1.33. The van der Waals surface area contributed by atoms with Gasteiger partial charge in [-0.2, -0.15) is 0 Å². The summed E-state index contributed by atoms with van der Waals surface area (Å²) in [5, 5.41) is 0. The van der Waals surface area contributed by atoms with E-state index in [9.17, 15) is 0 Å². The average Bonchev–Trinajstić information content (AvgIpc) is 2.85. The Morgan fingerprint density at radius 1 is 0.333 bits per heavy atom. The number of rotatable bonds is 4. The van der Waals surface area contributed by atoms with E-state index in [1.165, 1.54) is 33.4 Å². The number of hydrogen-bond donors (Lipinski definition) is 0. The molecular formula is C29H21N. The van der Waals surface area contributed by atoms with Gasteiger partial charge in [-0.3, -0.25) is 4.98 Å². The predicted molar refractivity (Wildman–Crippen MR) is 126 cm³/mol. The molecule has 142 valence electrons. The molecule has 0 saturated carbocycles. The van der Waals surface area contributed by atoms with Gasteiger partial charge in [-0.05, 0) is 63.7 Å². The van der Waals surface area contributed by atoms with E-state index in [0.29, 0.717) is 0 Å². The van der Waals surface area contributed by atoms with Gasteiger partial charge in [-0.1, -0.05) is 91.0 Å². The maximum absolute atomic E-state index is 4.49. The fourth-order valence-electron chi connectivity index (χ4n) is 3.78. The smallest absolute Gasteiger partial charge is 0.0702 e. The van der Waals surface area contributed by atoms with E-state index in [2.05, 4.69) is 108 Å². The van der Waals surface area contributed by atoms with Crippen LogP contribution in [0, 0.1) is 0 Å². The molecule has 0 spiro atoms. The largest absolute Gasteiger partial charge is 0.256 e. The molecule has 0 amide bonds.